The van der Waals surface area contributed by atoms with E-state index in [1.54, 1.807) is 0 Å². The van der Waals surface area contributed by atoms with Gasteiger partial charge in [-0.3, -0.25) is 4.98 Å². The fraction of sp³-hybridized carbons (Fsp3) is 0.0208. The smallest absolute Gasteiger partial charge is 0.252 e. The van der Waals surface area contributed by atoms with Crippen molar-refractivity contribution >= 4 is 49.9 Å². The minimum absolute atomic E-state index is 0.414. The van der Waals surface area contributed by atoms with Crippen LogP contribution in [0.3, 0.4) is 0 Å². The summed E-state index contributed by atoms with van der Waals surface area (Å²) in [6.07, 6.45) is 4.28. The Hall–Kier alpha value is -6.95. The Morgan fingerprint density at radius 1 is 0.547 bits per heavy atom. The average molecular weight is 675 g/mol. The van der Waals surface area contributed by atoms with E-state index in [1.807, 2.05) is 6.20 Å². The van der Waals surface area contributed by atoms with Crippen LogP contribution in [0.25, 0.3) is 72.0 Å². The van der Waals surface area contributed by atoms with Crippen LogP contribution in [-0.4, -0.2) is 9.38 Å². The van der Waals surface area contributed by atoms with Crippen molar-refractivity contribution in [2.75, 3.05) is 0 Å². The van der Waals surface area contributed by atoms with Gasteiger partial charge in [-0.05, 0) is 63.7 Å². The molecule has 0 radical (unpaired) electrons. The Morgan fingerprint density at radius 3 is 2.09 bits per heavy atom. The van der Waals surface area contributed by atoms with Crippen molar-refractivity contribution in [3.05, 3.63) is 192 Å². The molecule has 14 rings (SSSR count). The Bertz CT molecular complexity index is 3310. The minimum Gasteiger partial charge on any atom is -0.252 e. The van der Waals surface area contributed by atoms with E-state index in [1.165, 1.54) is 94.6 Å². The summed E-state index contributed by atoms with van der Waals surface area (Å²) >= 11 is 0. The van der Waals surface area contributed by atoms with Crippen LogP contribution in [0.5, 0.6) is 0 Å². The van der Waals surface area contributed by atoms with E-state index < -0.39 is 5.41 Å². The number of quaternary nitrogens is 1. The van der Waals surface area contributed by atoms with Crippen molar-refractivity contribution in [3.8, 4) is 33.5 Å². The van der Waals surface area contributed by atoms with Gasteiger partial charge < -0.3 is 0 Å². The predicted molar refractivity (Wildman–Crippen MR) is 209 cm³/mol. The van der Waals surface area contributed by atoms with Crippen molar-refractivity contribution in [1.29, 1.82) is 0 Å². The maximum atomic E-state index is 5.12. The van der Waals surface area contributed by atoms with E-state index in [0.29, 0.717) is 4.70 Å². The number of aromatic nitrogens is 4. The third-order valence-corrected chi connectivity index (χ3v) is 12.8. The summed E-state index contributed by atoms with van der Waals surface area (Å²) < 4.78 is 8.07. The van der Waals surface area contributed by atoms with E-state index in [2.05, 4.69) is 178 Å². The first kappa shape index (κ1) is 26.8. The summed E-state index contributed by atoms with van der Waals surface area (Å²) in [4.78, 5) is 5.12. The molecule has 53 heavy (non-hydrogen) atoms. The summed E-state index contributed by atoms with van der Waals surface area (Å²) in [7, 11) is 0. The summed E-state index contributed by atoms with van der Waals surface area (Å²) in [5.41, 5.74) is 20.6. The first-order valence-electron chi connectivity index (χ1n) is 18.4. The number of pyridine rings is 3. The van der Waals surface area contributed by atoms with Gasteiger partial charge >= 0.3 is 5.65 Å². The third kappa shape index (κ3) is 2.66. The van der Waals surface area contributed by atoms with Gasteiger partial charge in [-0.15, -0.1) is 0 Å². The number of benzene rings is 6. The van der Waals surface area contributed by atoms with Crippen molar-refractivity contribution in [3.63, 3.8) is 0 Å². The van der Waals surface area contributed by atoms with Crippen LogP contribution in [0.15, 0.2) is 170 Å². The van der Waals surface area contributed by atoms with Gasteiger partial charge in [-0.1, -0.05) is 115 Å². The quantitative estimate of drug-likeness (QED) is 0.0968. The zero-order valence-corrected chi connectivity index (χ0v) is 28.4. The largest absolute Gasteiger partial charge is 0.360 e. The molecule has 0 bridgehead atoms. The Morgan fingerprint density at radius 2 is 1.25 bits per heavy atom. The van der Waals surface area contributed by atoms with Crippen LogP contribution < -0.4 is 14.1 Å². The molecule has 0 saturated carbocycles. The SMILES string of the molecule is c1ccc(-c2cc[n+]3c(c2)-c2cccc4c2[N+]32c3c(ccc5c6ncccc6n6c7ccccc7[n+]2c6c35)C42c3ccccc3-c3ccccc32)cc1. The Kier molecular flexibility index (Phi) is 4.42. The van der Waals surface area contributed by atoms with Crippen LogP contribution >= 0.6 is 0 Å². The van der Waals surface area contributed by atoms with E-state index in [4.69, 9.17) is 4.98 Å². The van der Waals surface area contributed by atoms with Gasteiger partial charge in [0, 0.05) is 44.2 Å². The predicted octanol–water partition coefficient (Wildman–Crippen LogP) is 9.57. The van der Waals surface area contributed by atoms with Crippen molar-refractivity contribution in [2.45, 2.75) is 5.41 Å². The molecule has 0 saturated heterocycles. The molecule has 1 unspecified atom stereocenters. The second-order valence-electron chi connectivity index (χ2n) is 14.9. The molecule has 0 fully saturated rings. The lowest BCUT2D eigenvalue weighted by Crippen LogP contribution is -2.82. The molecule has 0 amide bonds. The molecule has 7 heterocycles. The minimum atomic E-state index is -0.523. The summed E-state index contributed by atoms with van der Waals surface area (Å²) in [5, 5.41) is 2.45. The summed E-state index contributed by atoms with van der Waals surface area (Å²) in [5.74, 6) is 0. The molecule has 5 nitrogen and oxygen atoms in total. The molecule has 4 aromatic heterocycles. The van der Waals surface area contributed by atoms with Gasteiger partial charge in [0.1, 0.15) is 15.8 Å². The second-order valence-corrected chi connectivity index (χ2v) is 14.9. The summed E-state index contributed by atoms with van der Waals surface area (Å²) in [6.45, 7) is 0. The topological polar surface area (TPSA) is 25.1 Å². The molecule has 2 spiro atoms. The molecule has 1 aliphatic carbocycles. The third-order valence-electron chi connectivity index (χ3n) is 12.8. The molecule has 5 heteroatoms. The van der Waals surface area contributed by atoms with Crippen LogP contribution in [0.2, 0.25) is 0 Å². The number of fused-ring (bicyclic) bond motifs is 15. The first-order valence-corrected chi connectivity index (χ1v) is 18.4. The maximum absolute atomic E-state index is 5.12. The lowest BCUT2D eigenvalue weighted by molar-refractivity contribution is -1.01. The number of hydrogen-bond acceptors (Lipinski definition) is 1. The number of imidazole rings is 1. The van der Waals surface area contributed by atoms with Crippen molar-refractivity contribution < 1.29 is 9.35 Å². The Labute approximate surface area is 303 Å². The molecule has 10 aromatic rings. The first-order chi connectivity index (χ1) is 26.3. The number of hydrogen-bond donors (Lipinski definition) is 0. The fourth-order valence-electron chi connectivity index (χ4n) is 11.1. The normalized spacial score (nSPS) is 17.3. The molecule has 1 atom stereocenters. The zero-order valence-electron chi connectivity index (χ0n) is 28.4. The number of rotatable bonds is 1. The monoisotopic (exact) mass is 674 g/mol. The number of para-hydroxylation sites is 3. The van der Waals surface area contributed by atoms with E-state index >= 15 is 0 Å². The lowest BCUT2D eigenvalue weighted by atomic mass is 9.64. The molecule has 4 aliphatic rings. The average Bonchev–Trinajstić information content (AvgIpc) is 3.93. The van der Waals surface area contributed by atoms with Gasteiger partial charge in [0.25, 0.3) is 17.1 Å². The maximum Gasteiger partial charge on any atom is 0.360 e. The van der Waals surface area contributed by atoms with Gasteiger partial charge in [0.15, 0.2) is 16.4 Å². The molecular weight excluding hydrogens is 647 g/mol. The second kappa shape index (κ2) is 8.73. The highest BCUT2D eigenvalue weighted by atomic mass is 15.9. The zero-order chi connectivity index (χ0) is 34.2. The van der Waals surface area contributed by atoms with Crippen LogP contribution in [0, 0.1) is 0 Å². The van der Waals surface area contributed by atoms with E-state index in [9.17, 15) is 0 Å². The Balaban J connectivity index is 1.29. The fourth-order valence-corrected chi connectivity index (χ4v) is 11.1. The van der Waals surface area contributed by atoms with Gasteiger partial charge in [0.05, 0.1) is 5.41 Å². The highest BCUT2D eigenvalue weighted by molar-refractivity contribution is 6.19. The molecule has 3 aliphatic heterocycles. The summed E-state index contributed by atoms with van der Waals surface area (Å²) in [6, 6.07) is 58.9. The van der Waals surface area contributed by atoms with E-state index in [0.717, 1.165) is 11.0 Å². The van der Waals surface area contributed by atoms with Crippen molar-refractivity contribution in [1.82, 2.24) is 14.1 Å². The van der Waals surface area contributed by atoms with Crippen LogP contribution in [0.1, 0.15) is 22.3 Å². The molecule has 242 valence electrons. The number of nitrogens with zero attached hydrogens (tertiary/aromatic N) is 5. The highest BCUT2D eigenvalue weighted by Crippen LogP contribution is 2.68. The van der Waals surface area contributed by atoms with Crippen LogP contribution in [0.4, 0.5) is 11.4 Å². The standard InChI is InChI=1S/C48H28N5/c1-2-12-29(13-3-1)30-25-27-50-42(28-30)33-16-10-19-37-45(33)53(50)46-38(48(37)35-17-6-4-14-31(35)32-15-5-7-18-36(32)48)24-23-34-43(46)47-51(41-22-11-26-49-44(34)41)39-20-8-9-21-40(39)52(47)53/h1-28H/q+3. The molecule has 0 N–H and O–H groups in total. The van der Waals surface area contributed by atoms with Gasteiger partial charge in [-0.2, -0.15) is 4.40 Å². The van der Waals surface area contributed by atoms with Crippen molar-refractivity contribution in [2.24, 2.45) is 0 Å². The van der Waals surface area contributed by atoms with E-state index in [-0.39, 0.29) is 0 Å². The van der Waals surface area contributed by atoms with Gasteiger partial charge in [-0.25, -0.2) is 0 Å². The molecular formula is C48H28N5+3. The molecule has 6 aromatic carbocycles. The van der Waals surface area contributed by atoms with Gasteiger partial charge in [0.2, 0.25) is 11.7 Å². The lowest BCUT2D eigenvalue weighted by Gasteiger charge is -2.39. The van der Waals surface area contributed by atoms with Crippen LogP contribution in [-0.2, 0) is 5.41 Å². The highest BCUT2D eigenvalue weighted by Gasteiger charge is 2.74.